The Kier molecular flexibility index (Phi) is 6.42. The van der Waals surface area contributed by atoms with Crippen LogP contribution in [0.4, 0.5) is 0 Å². The molecule has 4 nitrogen and oxygen atoms in total. The van der Waals surface area contributed by atoms with E-state index >= 15 is 0 Å². The topological polar surface area (TPSA) is 31.2 Å². The second-order valence-electron chi connectivity index (χ2n) is 2.94. The van der Waals surface area contributed by atoms with Crippen LogP contribution in [-0.4, -0.2) is 37.2 Å². The minimum Gasteiger partial charge on any atom is -0.280 e. The van der Waals surface area contributed by atoms with Gasteiger partial charge < -0.3 is 0 Å². The largest absolute Gasteiger partial charge is 0.280 e. The van der Waals surface area contributed by atoms with Crippen molar-refractivity contribution in [1.29, 1.82) is 0 Å². The number of hydrogen-bond donors (Lipinski definition) is 0. The smallest absolute Gasteiger partial charge is 0.0371 e. The maximum absolute atomic E-state index is 4.02. The van der Waals surface area contributed by atoms with Crippen molar-refractivity contribution in [2.45, 2.75) is 26.7 Å². The van der Waals surface area contributed by atoms with E-state index in [0.717, 1.165) is 25.9 Å². The van der Waals surface area contributed by atoms with E-state index in [9.17, 15) is 0 Å². The summed E-state index contributed by atoms with van der Waals surface area (Å²) in [5.74, 6) is 0. The van der Waals surface area contributed by atoms with Crippen LogP contribution in [0.3, 0.4) is 0 Å². The van der Waals surface area contributed by atoms with Crippen molar-refractivity contribution in [3.8, 4) is 0 Å². The predicted molar refractivity (Wildman–Crippen MR) is 50.7 cm³/mol. The van der Waals surface area contributed by atoms with E-state index in [1.807, 2.05) is 24.1 Å². The van der Waals surface area contributed by atoms with E-state index in [0.29, 0.717) is 0 Å². The molecule has 0 radical (unpaired) electrons. The van der Waals surface area contributed by atoms with Gasteiger partial charge in [-0.2, -0.15) is 0 Å². The van der Waals surface area contributed by atoms with E-state index < -0.39 is 0 Å². The van der Waals surface area contributed by atoms with Gasteiger partial charge in [0.1, 0.15) is 0 Å². The second kappa shape index (κ2) is 6.88. The molecule has 0 rings (SSSR count). The van der Waals surface area contributed by atoms with Gasteiger partial charge in [0, 0.05) is 27.2 Å². The van der Waals surface area contributed by atoms with Gasteiger partial charge in [0.15, 0.2) is 0 Å². The molecule has 0 aliphatic carbocycles. The van der Waals surface area contributed by atoms with Gasteiger partial charge in [-0.15, -0.1) is 0 Å². The maximum Gasteiger partial charge on any atom is 0.0371 e. The molecule has 72 valence electrons. The van der Waals surface area contributed by atoms with Crippen molar-refractivity contribution in [1.82, 2.24) is 10.0 Å². The monoisotopic (exact) mass is 172 g/mol. The molecule has 0 aliphatic rings. The fourth-order valence-corrected chi connectivity index (χ4v) is 0.873. The van der Waals surface area contributed by atoms with Crippen LogP contribution >= 0.6 is 0 Å². The first-order chi connectivity index (χ1) is 5.70. The molecule has 12 heavy (non-hydrogen) atoms. The Morgan fingerprint density at radius 2 is 1.17 bits per heavy atom. The van der Waals surface area contributed by atoms with Crippen molar-refractivity contribution in [3.63, 3.8) is 0 Å². The van der Waals surface area contributed by atoms with Gasteiger partial charge in [-0.05, 0) is 12.8 Å². The molecule has 0 aromatic rings. The third-order valence-corrected chi connectivity index (χ3v) is 1.44. The van der Waals surface area contributed by atoms with Crippen LogP contribution in [0.1, 0.15) is 26.7 Å². The van der Waals surface area contributed by atoms with Crippen molar-refractivity contribution < 1.29 is 0 Å². The first-order valence-electron chi connectivity index (χ1n) is 4.54. The molecule has 0 N–H and O–H groups in total. The van der Waals surface area contributed by atoms with E-state index in [-0.39, 0.29) is 0 Å². The molecule has 4 heteroatoms. The normalized spacial score (nSPS) is 10.7. The van der Waals surface area contributed by atoms with Crippen molar-refractivity contribution in [3.05, 3.63) is 0 Å². The molecule has 0 heterocycles. The highest BCUT2D eigenvalue weighted by Crippen LogP contribution is 1.92. The zero-order valence-electron chi connectivity index (χ0n) is 8.62. The van der Waals surface area contributed by atoms with Gasteiger partial charge in [-0.1, -0.05) is 24.3 Å². The molecule has 0 spiro atoms. The second-order valence-corrected chi connectivity index (χ2v) is 2.94. The summed E-state index contributed by atoms with van der Waals surface area (Å²) in [6.45, 7) is 6.18. The van der Waals surface area contributed by atoms with Crippen LogP contribution in [0.2, 0.25) is 0 Å². The Morgan fingerprint density at radius 3 is 1.42 bits per heavy atom. The average molecular weight is 172 g/mol. The fraction of sp³-hybridized carbons (Fsp3) is 1.00. The number of rotatable bonds is 6. The Labute approximate surface area is 75.2 Å². The van der Waals surface area contributed by atoms with Gasteiger partial charge in [0.25, 0.3) is 0 Å². The molecule has 0 aliphatic heterocycles. The zero-order chi connectivity index (χ0) is 9.40. The van der Waals surface area contributed by atoms with Crippen LogP contribution in [0.15, 0.2) is 10.4 Å². The van der Waals surface area contributed by atoms with Crippen molar-refractivity contribution >= 4 is 0 Å². The Bertz CT molecular complexity index is 110. The molecule has 0 aromatic carbocycles. The summed E-state index contributed by atoms with van der Waals surface area (Å²) in [5, 5.41) is 11.7. The van der Waals surface area contributed by atoms with Crippen LogP contribution in [0, 0.1) is 0 Å². The summed E-state index contributed by atoms with van der Waals surface area (Å²) in [4.78, 5) is 0. The molecular weight excluding hydrogens is 152 g/mol. The van der Waals surface area contributed by atoms with E-state index in [4.69, 9.17) is 0 Å². The number of hydrogen-bond acceptors (Lipinski definition) is 2. The minimum atomic E-state index is 0.962. The van der Waals surface area contributed by atoms with Gasteiger partial charge in [-0.25, -0.2) is 0 Å². The van der Waals surface area contributed by atoms with Crippen LogP contribution in [0.25, 0.3) is 0 Å². The fourth-order valence-electron chi connectivity index (χ4n) is 0.873. The lowest BCUT2D eigenvalue weighted by Crippen LogP contribution is -2.15. The van der Waals surface area contributed by atoms with Gasteiger partial charge in [0.2, 0.25) is 0 Å². The summed E-state index contributed by atoms with van der Waals surface area (Å²) < 4.78 is 0. The van der Waals surface area contributed by atoms with Gasteiger partial charge in [-0.3, -0.25) is 10.0 Å². The molecule has 0 aromatic heterocycles. The molecule has 0 fully saturated rings. The first-order valence-corrected chi connectivity index (χ1v) is 4.54. The Balaban J connectivity index is 3.57. The summed E-state index contributed by atoms with van der Waals surface area (Å²) in [6.07, 6.45) is 2.21. The lowest BCUT2D eigenvalue weighted by atomic mass is 10.5. The first kappa shape index (κ1) is 11.2. The maximum atomic E-state index is 4.02. The van der Waals surface area contributed by atoms with Crippen LogP contribution < -0.4 is 0 Å². The van der Waals surface area contributed by atoms with Crippen LogP contribution in [-0.2, 0) is 0 Å². The molecule has 0 bridgehead atoms. The van der Waals surface area contributed by atoms with E-state index in [2.05, 4.69) is 24.3 Å². The lowest BCUT2D eigenvalue weighted by molar-refractivity contribution is 0.249. The highest BCUT2D eigenvalue weighted by Gasteiger charge is 1.91. The third kappa shape index (κ3) is 5.95. The Hall–Kier alpha value is -0.800. The lowest BCUT2D eigenvalue weighted by Gasteiger charge is -2.13. The van der Waals surface area contributed by atoms with E-state index in [1.165, 1.54) is 0 Å². The molecule has 0 saturated carbocycles. The van der Waals surface area contributed by atoms with Gasteiger partial charge in [0.05, 0.1) is 0 Å². The highest BCUT2D eigenvalue weighted by atomic mass is 15.7. The SMILES string of the molecule is CCCN(C)/N=N/N(C)CCC. The number of nitrogens with zero attached hydrogens (tertiary/aromatic N) is 4. The van der Waals surface area contributed by atoms with E-state index in [1.54, 1.807) is 0 Å². The summed E-state index contributed by atoms with van der Waals surface area (Å²) in [6, 6.07) is 0. The molecular formula is C8H20N4. The Morgan fingerprint density at radius 1 is 0.833 bits per heavy atom. The highest BCUT2D eigenvalue weighted by molar-refractivity contribution is 4.39. The van der Waals surface area contributed by atoms with Crippen molar-refractivity contribution in [2.24, 2.45) is 10.4 Å². The van der Waals surface area contributed by atoms with Crippen molar-refractivity contribution in [2.75, 3.05) is 27.2 Å². The summed E-state index contributed by atoms with van der Waals surface area (Å²) in [5.41, 5.74) is 0. The average Bonchev–Trinajstić information content (AvgIpc) is 2.02. The third-order valence-electron chi connectivity index (χ3n) is 1.44. The predicted octanol–water partition coefficient (Wildman–Crippen LogP) is 1.95. The standard InChI is InChI=1S/C8H20N4/c1-5-7-11(3)9-10-12(4)8-6-2/h5-8H2,1-4H3/b10-9+. The molecule has 0 amide bonds. The minimum absolute atomic E-state index is 0.962. The quantitative estimate of drug-likeness (QED) is 0.453. The summed E-state index contributed by atoms with van der Waals surface area (Å²) in [7, 11) is 3.87. The zero-order valence-corrected chi connectivity index (χ0v) is 8.62. The van der Waals surface area contributed by atoms with Gasteiger partial charge >= 0.3 is 0 Å². The molecule has 0 unspecified atom stereocenters. The van der Waals surface area contributed by atoms with Crippen LogP contribution in [0.5, 0.6) is 0 Å². The molecule has 0 saturated heterocycles. The summed E-state index contributed by atoms with van der Waals surface area (Å²) >= 11 is 0. The molecule has 0 atom stereocenters.